The Morgan fingerprint density at radius 2 is 1.78 bits per heavy atom. The van der Waals surface area contributed by atoms with Crippen molar-refractivity contribution in [1.82, 2.24) is 5.32 Å². The summed E-state index contributed by atoms with van der Waals surface area (Å²) in [4.78, 5) is 12.5. The Kier molecular flexibility index (Phi) is 6.68. The van der Waals surface area contributed by atoms with Crippen molar-refractivity contribution in [3.63, 3.8) is 0 Å². The van der Waals surface area contributed by atoms with Gasteiger partial charge in [-0.05, 0) is 24.6 Å². The Labute approximate surface area is 160 Å². The minimum Gasteiger partial charge on any atom is -0.497 e. The Morgan fingerprint density at radius 1 is 1.11 bits per heavy atom. The van der Waals surface area contributed by atoms with Crippen LogP contribution < -0.4 is 19.1 Å². The van der Waals surface area contributed by atoms with E-state index >= 15 is 0 Å². The number of hydrogen-bond acceptors (Lipinski definition) is 5. The van der Waals surface area contributed by atoms with Gasteiger partial charge >= 0.3 is 0 Å². The van der Waals surface area contributed by atoms with Gasteiger partial charge in [0.25, 0.3) is 0 Å². The summed E-state index contributed by atoms with van der Waals surface area (Å²) >= 11 is 0. The third-order valence-corrected chi connectivity index (χ3v) is 5.15. The maximum absolute atomic E-state index is 12.5. The van der Waals surface area contributed by atoms with Crippen LogP contribution in [0.3, 0.4) is 0 Å². The molecular formula is C19H24N2O5S. The Bertz CT molecular complexity index is 884. The van der Waals surface area contributed by atoms with Crippen LogP contribution in [0.15, 0.2) is 48.5 Å². The molecule has 27 heavy (non-hydrogen) atoms. The first kappa shape index (κ1) is 20.6. The first-order chi connectivity index (χ1) is 12.8. The minimum absolute atomic E-state index is 0.252. The second-order valence-electron chi connectivity index (χ2n) is 6.01. The number of carbonyl (C=O) groups excluding carboxylic acids is 1. The fourth-order valence-electron chi connectivity index (χ4n) is 2.61. The second kappa shape index (κ2) is 8.77. The standard InChI is InChI=1S/C19H24N2O5S/c1-14(15-8-6-5-7-9-15)20-19(22)13-21(27(4,23)24)17-11-10-16(25-2)12-18(17)26-3/h5-12,14H,13H2,1-4H3,(H,20,22)/t14-/m0/s1. The highest BCUT2D eigenvalue weighted by atomic mass is 32.2. The van der Waals surface area contributed by atoms with Crippen molar-refractivity contribution in [3.8, 4) is 11.5 Å². The normalized spacial score (nSPS) is 12.1. The molecule has 146 valence electrons. The average Bonchev–Trinajstić information content (AvgIpc) is 2.65. The zero-order valence-corrected chi connectivity index (χ0v) is 16.6. The summed E-state index contributed by atoms with van der Waals surface area (Å²) < 4.78 is 36.0. The maximum atomic E-state index is 12.5. The first-order valence-corrected chi connectivity index (χ1v) is 10.1. The highest BCUT2D eigenvalue weighted by molar-refractivity contribution is 7.92. The van der Waals surface area contributed by atoms with Crippen molar-refractivity contribution in [1.29, 1.82) is 0 Å². The molecule has 0 spiro atoms. The van der Waals surface area contributed by atoms with Crippen LogP contribution in [-0.4, -0.2) is 41.3 Å². The summed E-state index contributed by atoms with van der Waals surface area (Å²) in [6.07, 6.45) is 1.05. The summed E-state index contributed by atoms with van der Waals surface area (Å²) in [5, 5.41) is 2.82. The summed E-state index contributed by atoms with van der Waals surface area (Å²) in [5.41, 5.74) is 1.20. The molecule has 7 nitrogen and oxygen atoms in total. The van der Waals surface area contributed by atoms with Crippen molar-refractivity contribution < 1.29 is 22.7 Å². The van der Waals surface area contributed by atoms with Crippen LogP contribution in [0.5, 0.6) is 11.5 Å². The molecule has 1 atom stereocenters. The number of amides is 1. The van der Waals surface area contributed by atoms with Crippen molar-refractivity contribution in [2.45, 2.75) is 13.0 Å². The van der Waals surface area contributed by atoms with E-state index < -0.39 is 15.9 Å². The summed E-state index contributed by atoms with van der Waals surface area (Å²) in [6.45, 7) is 1.48. The van der Waals surface area contributed by atoms with Gasteiger partial charge in [0.05, 0.1) is 32.2 Å². The first-order valence-electron chi connectivity index (χ1n) is 8.30. The van der Waals surface area contributed by atoms with Gasteiger partial charge in [0.1, 0.15) is 18.0 Å². The predicted octanol–water partition coefficient (Wildman–Crippen LogP) is 2.35. The van der Waals surface area contributed by atoms with Gasteiger partial charge in [-0.1, -0.05) is 30.3 Å². The number of anilines is 1. The molecule has 0 aromatic heterocycles. The molecule has 2 aromatic rings. The third-order valence-electron chi connectivity index (χ3n) is 4.02. The second-order valence-corrected chi connectivity index (χ2v) is 7.91. The van der Waals surface area contributed by atoms with Gasteiger partial charge in [-0.25, -0.2) is 8.42 Å². The van der Waals surface area contributed by atoms with Crippen LogP contribution in [0, 0.1) is 0 Å². The number of rotatable bonds is 8. The van der Waals surface area contributed by atoms with E-state index in [9.17, 15) is 13.2 Å². The molecule has 0 unspecified atom stereocenters. The Morgan fingerprint density at radius 3 is 2.33 bits per heavy atom. The van der Waals surface area contributed by atoms with Gasteiger partial charge in [0.2, 0.25) is 15.9 Å². The van der Waals surface area contributed by atoms with Gasteiger partial charge in [0.15, 0.2) is 0 Å². The van der Waals surface area contributed by atoms with Crippen molar-refractivity contribution in [3.05, 3.63) is 54.1 Å². The van der Waals surface area contributed by atoms with Gasteiger partial charge < -0.3 is 14.8 Å². The molecule has 8 heteroatoms. The van der Waals surface area contributed by atoms with E-state index in [0.717, 1.165) is 16.1 Å². The average molecular weight is 392 g/mol. The van der Waals surface area contributed by atoms with E-state index in [1.165, 1.54) is 14.2 Å². The zero-order valence-electron chi connectivity index (χ0n) is 15.8. The van der Waals surface area contributed by atoms with Gasteiger partial charge in [-0.3, -0.25) is 9.10 Å². The van der Waals surface area contributed by atoms with Crippen LogP contribution in [0.1, 0.15) is 18.5 Å². The zero-order chi connectivity index (χ0) is 20.0. The van der Waals surface area contributed by atoms with Gasteiger partial charge in [0, 0.05) is 6.07 Å². The van der Waals surface area contributed by atoms with Crippen molar-refractivity contribution in [2.75, 3.05) is 31.3 Å². The number of benzene rings is 2. The Balaban J connectivity index is 2.24. The number of nitrogens with one attached hydrogen (secondary N) is 1. The van der Waals surface area contributed by atoms with E-state index in [2.05, 4.69) is 5.32 Å². The molecule has 2 rings (SSSR count). The van der Waals surface area contributed by atoms with E-state index in [-0.39, 0.29) is 18.3 Å². The molecule has 2 aromatic carbocycles. The predicted molar refractivity (Wildman–Crippen MR) is 105 cm³/mol. The molecule has 1 amide bonds. The topological polar surface area (TPSA) is 84.9 Å². The van der Waals surface area contributed by atoms with Gasteiger partial charge in [-0.15, -0.1) is 0 Å². The van der Waals surface area contributed by atoms with Crippen LogP contribution in [0.2, 0.25) is 0 Å². The lowest BCUT2D eigenvalue weighted by molar-refractivity contribution is -0.120. The fraction of sp³-hybridized carbons (Fsp3) is 0.316. The smallest absolute Gasteiger partial charge is 0.241 e. The molecule has 1 N–H and O–H groups in total. The molecule has 0 aliphatic carbocycles. The SMILES string of the molecule is COc1ccc(N(CC(=O)N[C@@H](C)c2ccccc2)S(C)(=O)=O)c(OC)c1. The third kappa shape index (κ3) is 5.37. The maximum Gasteiger partial charge on any atom is 0.241 e. The molecule has 0 bridgehead atoms. The number of hydrogen-bond donors (Lipinski definition) is 1. The Hall–Kier alpha value is -2.74. The van der Waals surface area contributed by atoms with E-state index in [1.807, 2.05) is 37.3 Å². The highest BCUT2D eigenvalue weighted by Crippen LogP contribution is 2.33. The number of ether oxygens (including phenoxy) is 2. The lowest BCUT2D eigenvalue weighted by Gasteiger charge is -2.25. The summed E-state index contributed by atoms with van der Waals surface area (Å²) in [6, 6.07) is 13.9. The van der Waals surface area contributed by atoms with Crippen LogP contribution >= 0.6 is 0 Å². The van der Waals surface area contributed by atoms with E-state index in [0.29, 0.717) is 11.5 Å². The molecule has 0 aliphatic rings. The lowest BCUT2D eigenvalue weighted by Crippen LogP contribution is -2.41. The van der Waals surface area contributed by atoms with Crippen molar-refractivity contribution >= 4 is 21.6 Å². The fourth-order valence-corrected chi connectivity index (χ4v) is 3.47. The number of sulfonamides is 1. The van der Waals surface area contributed by atoms with Crippen LogP contribution in [-0.2, 0) is 14.8 Å². The van der Waals surface area contributed by atoms with Crippen LogP contribution in [0.25, 0.3) is 0 Å². The van der Waals surface area contributed by atoms with Crippen LogP contribution in [0.4, 0.5) is 5.69 Å². The molecule has 0 heterocycles. The minimum atomic E-state index is -3.71. The summed E-state index contributed by atoms with van der Waals surface area (Å²) in [7, 11) is -0.786. The monoisotopic (exact) mass is 392 g/mol. The largest absolute Gasteiger partial charge is 0.497 e. The molecule has 0 aliphatic heterocycles. The van der Waals surface area contributed by atoms with Gasteiger partial charge in [-0.2, -0.15) is 0 Å². The molecule has 0 radical (unpaired) electrons. The quantitative estimate of drug-likeness (QED) is 0.745. The van der Waals surface area contributed by atoms with E-state index in [1.54, 1.807) is 18.2 Å². The number of nitrogens with zero attached hydrogens (tertiary/aromatic N) is 1. The highest BCUT2D eigenvalue weighted by Gasteiger charge is 2.25. The summed E-state index contributed by atoms with van der Waals surface area (Å²) in [5.74, 6) is 0.393. The molecular weight excluding hydrogens is 368 g/mol. The lowest BCUT2D eigenvalue weighted by atomic mass is 10.1. The molecule has 0 fully saturated rings. The number of carbonyl (C=O) groups is 1. The van der Waals surface area contributed by atoms with E-state index in [4.69, 9.17) is 9.47 Å². The molecule has 0 saturated heterocycles. The van der Waals surface area contributed by atoms with Crippen molar-refractivity contribution in [2.24, 2.45) is 0 Å². The molecule has 0 saturated carbocycles. The number of methoxy groups -OCH3 is 2.